The molecule has 2 atom stereocenters. The fourth-order valence-electron chi connectivity index (χ4n) is 2.62. The number of carbonyl (C=O) groups excluding carboxylic acids is 3. The number of esters is 2. The molecule has 0 aliphatic carbocycles. The van der Waals surface area contributed by atoms with Crippen LogP contribution < -0.4 is 5.32 Å². The molecule has 1 amide bonds. The van der Waals surface area contributed by atoms with Gasteiger partial charge in [-0.2, -0.15) is 0 Å². The van der Waals surface area contributed by atoms with E-state index in [1.165, 1.54) is 19.1 Å². The van der Waals surface area contributed by atoms with Crippen LogP contribution in [0.25, 0.3) is 0 Å². The van der Waals surface area contributed by atoms with Gasteiger partial charge in [0.1, 0.15) is 0 Å². The van der Waals surface area contributed by atoms with Gasteiger partial charge in [0, 0.05) is 6.92 Å². The maximum atomic E-state index is 12.4. The van der Waals surface area contributed by atoms with Gasteiger partial charge in [0.25, 0.3) is 0 Å². The number of ether oxygens (including phenoxy) is 2. The van der Waals surface area contributed by atoms with Crippen LogP contribution in [0.15, 0.2) is 30.3 Å². The van der Waals surface area contributed by atoms with E-state index in [2.05, 4.69) is 5.32 Å². The van der Waals surface area contributed by atoms with Crippen LogP contribution in [-0.2, 0) is 29.5 Å². The predicted octanol–water partition coefficient (Wildman–Crippen LogP) is 0.505. The average Bonchev–Trinajstić information content (AvgIpc) is 2.57. The maximum Gasteiger partial charge on any atom is 0.345 e. The van der Waals surface area contributed by atoms with E-state index in [1.807, 2.05) is 0 Å². The summed E-state index contributed by atoms with van der Waals surface area (Å²) in [7, 11) is 2.19. The molecule has 0 heterocycles. The molecule has 0 bridgehead atoms. The third-order valence-electron chi connectivity index (χ3n) is 3.74. The SMILES string of the molecule is CC[C@](NC(C)=O)(C(=O)OC)[C@](O)(C(=O)OC)c1ccccc1. The number of hydrogen-bond acceptors (Lipinski definition) is 6. The van der Waals surface area contributed by atoms with E-state index in [9.17, 15) is 19.5 Å². The van der Waals surface area contributed by atoms with Gasteiger partial charge in [-0.05, 0) is 12.0 Å². The highest BCUT2D eigenvalue weighted by Crippen LogP contribution is 2.38. The molecule has 2 N–H and O–H groups in total. The Morgan fingerprint density at radius 2 is 1.61 bits per heavy atom. The van der Waals surface area contributed by atoms with Gasteiger partial charge in [0.15, 0.2) is 5.54 Å². The third kappa shape index (κ3) is 3.05. The van der Waals surface area contributed by atoms with Gasteiger partial charge in [0.05, 0.1) is 14.2 Å². The minimum atomic E-state index is -2.45. The first-order valence-corrected chi connectivity index (χ1v) is 7.03. The molecule has 1 rings (SSSR count). The van der Waals surface area contributed by atoms with Crippen LogP contribution in [0, 0.1) is 0 Å². The van der Waals surface area contributed by atoms with Crippen LogP contribution in [0.4, 0.5) is 0 Å². The molecule has 0 radical (unpaired) electrons. The van der Waals surface area contributed by atoms with Crippen LogP contribution in [-0.4, -0.2) is 42.7 Å². The summed E-state index contributed by atoms with van der Waals surface area (Å²) >= 11 is 0. The maximum absolute atomic E-state index is 12.4. The van der Waals surface area contributed by atoms with Gasteiger partial charge in [0.2, 0.25) is 11.5 Å². The number of methoxy groups -OCH3 is 2. The van der Waals surface area contributed by atoms with Gasteiger partial charge in [-0.25, -0.2) is 9.59 Å². The van der Waals surface area contributed by atoms with E-state index >= 15 is 0 Å². The van der Waals surface area contributed by atoms with Crippen LogP contribution in [0.3, 0.4) is 0 Å². The molecule has 0 saturated carbocycles. The van der Waals surface area contributed by atoms with E-state index in [4.69, 9.17) is 9.47 Å². The van der Waals surface area contributed by atoms with Crippen molar-refractivity contribution in [2.24, 2.45) is 0 Å². The van der Waals surface area contributed by atoms with Gasteiger partial charge in [-0.15, -0.1) is 0 Å². The molecule has 7 nitrogen and oxygen atoms in total. The molecule has 0 fully saturated rings. The molecule has 1 aromatic carbocycles. The molecule has 1 aromatic rings. The number of aliphatic hydroxyl groups is 1. The Morgan fingerprint density at radius 3 is 2.00 bits per heavy atom. The summed E-state index contributed by atoms with van der Waals surface area (Å²) in [5.41, 5.74) is -4.37. The zero-order valence-electron chi connectivity index (χ0n) is 13.6. The second kappa shape index (κ2) is 7.23. The standard InChI is InChI=1S/C16H21NO6/c1-5-15(13(19)22-3,17-11(2)18)16(21,14(20)23-4)12-9-7-6-8-10-12/h6-10,21H,5H2,1-4H3,(H,17,18)/t15-,16+/m0/s1. The predicted molar refractivity (Wildman–Crippen MR) is 81.2 cm³/mol. The van der Waals surface area contributed by atoms with Crippen molar-refractivity contribution in [3.63, 3.8) is 0 Å². The molecule has 23 heavy (non-hydrogen) atoms. The Bertz CT molecular complexity index is 587. The number of nitrogens with one attached hydrogen (secondary N) is 1. The summed E-state index contributed by atoms with van der Waals surface area (Å²) in [6, 6.07) is 7.80. The first-order chi connectivity index (χ1) is 10.8. The zero-order chi connectivity index (χ0) is 17.7. The highest BCUT2D eigenvalue weighted by molar-refractivity contribution is 5.97. The lowest BCUT2D eigenvalue weighted by molar-refractivity contribution is -0.188. The number of amides is 1. The smallest absolute Gasteiger partial charge is 0.345 e. The highest BCUT2D eigenvalue weighted by atomic mass is 16.5. The zero-order valence-corrected chi connectivity index (χ0v) is 13.6. The summed E-state index contributed by atoms with van der Waals surface area (Å²) in [5.74, 6) is -2.63. The van der Waals surface area contributed by atoms with Crippen molar-refractivity contribution >= 4 is 17.8 Å². The van der Waals surface area contributed by atoms with Crippen molar-refractivity contribution < 1.29 is 29.0 Å². The molecular formula is C16H21NO6. The largest absolute Gasteiger partial charge is 0.467 e. The lowest BCUT2D eigenvalue weighted by Gasteiger charge is -2.42. The van der Waals surface area contributed by atoms with Crippen molar-refractivity contribution in [1.29, 1.82) is 0 Å². The highest BCUT2D eigenvalue weighted by Gasteiger charge is 2.63. The normalized spacial score (nSPS) is 15.7. The summed E-state index contributed by atoms with van der Waals surface area (Å²) in [6.45, 7) is 2.72. The first-order valence-electron chi connectivity index (χ1n) is 7.03. The van der Waals surface area contributed by atoms with Crippen molar-refractivity contribution in [2.75, 3.05) is 14.2 Å². The number of benzene rings is 1. The molecule has 0 aliphatic heterocycles. The lowest BCUT2D eigenvalue weighted by Crippen LogP contribution is -2.70. The van der Waals surface area contributed by atoms with Crippen LogP contribution in [0.1, 0.15) is 25.8 Å². The van der Waals surface area contributed by atoms with Crippen LogP contribution in [0.5, 0.6) is 0 Å². The van der Waals surface area contributed by atoms with E-state index in [0.29, 0.717) is 0 Å². The Morgan fingerprint density at radius 1 is 1.09 bits per heavy atom. The Kier molecular flexibility index (Phi) is 5.86. The van der Waals surface area contributed by atoms with Gasteiger partial charge in [-0.3, -0.25) is 4.79 Å². The fourth-order valence-corrected chi connectivity index (χ4v) is 2.62. The summed E-state index contributed by atoms with van der Waals surface area (Å²) in [5, 5.41) is 13.6. The summed E-state index contributed by atoms with van der Waals surface area (Å²) in [6.07, 6.45) is -0.0975. The van der Waals surface area contributed by atoms with Crippen molar-refractivity contribution in [2.45, 2.75) is 31.4 Å². The molecular weight excluding hydrogens is 302 g/mol. The number of hydrogen-bond donors (Lipinski definition) is 2. The molecule has 7 heteroatoms. The molecule has 0 aliphatic rings. The topological polar surface area (TPSA) is 102 Å². The fraction of sp³-hybridized carbons (Fsp3) is 0.438. The van der Waals surface area contributed by atoms with E-state index in [1.54, 1.807) is 25.1 Å². The average molecular weight is 323 g/mol. The van der Waals surface area contributed by atoms with Crippen LogP contribution in [0.2, 0.25) is 0 Å². The molecule has 126 valence electrons. The molecule has 0 saturated heterocycles. The van der Waals surface area contributed by atoms with Crippen molar-refractivity contribution in [1.82, 2.24) is 5.32 Å². The van der Waals surface area contributed by atoms with Crippen molar-refractivity contribution in [3.05, 3.63) is 35.9 Å². The van der Waals surface area contributed by atoms with E-state index in [-0.39, 0.29) is 12.0 Å². The second-order valence-corrected chi connectivity index (χ2v) is 5.00. The third-order valence-corrected chi connectivity index (χ3v) is 3.74. The van der Waals surface area contributed by atoms with E-state index in [0.717, 1.165) is 14.2 Å². The van der Waals surface area contributed by atoms with Crippen LogP contribution >= 0.6 is 0 Å². The van der Waals surface area contributed by atoms with E-state index < -0.39 is 29.0 Å². The second-order valence-electron chi connectivity index (χ2n) is 5.00. The summed E-state index contributed by atoms with van der Waals surface area (Å²) in [4.78, 5) is 36.5. The minimum Gasteiger partial charge on any atom is -0.467 e. The first kappa shape index (κ1) is 18.6. The molecule has 0 unspecified atom stereocenters. The summed E-state index contributed by atoms with van der Waals surface area (Å²) < 4.78 is 9.45. The lowest BCUT2D eigenvalue weighted by atomic mass is 9.72. The van der Waals surface area contributed by atoms with Gasteiger partial charge < -0.3 is 19.9 Å². The monoisotopic (exact) mass is 323 g/mol. The number of rotatable bonds is 6. The molecule has 0 spiro atoms. The van der Waals surface area contributed by atoms with Crippen molar-refractivity contribution in [3.8, 4) is 0 Å². The quantitative estimate of drug-likeness (QED) is 0.739. The molecule has 0 aromatic heterocycles. The minimum absolute atomic E-state index is 0.0975. The Balaban J connectivity index is 3.72. The Hall–Kier alpha value is -2.41. The van der Waals surface area contributed by atoms with Gasteiger partial charge in [-0.1, -0.05) is 37.3 Å². The van der Waals surface area contributed by atoms with Gasteiger partial charge >= 0.3 is 11.9 Å². The number of carbonyl (C=O) groups is 3. The Labute approximate surface area is 134 Å².